The maximum absolute atomic E-state index is 12.8. The molecular formula is C17H12F3N2. The van der Waals surface area contributed by atoms with Crippen molar-refractivity contribution in [1.82, 2.24) is 9.78 Å². The van der Waals surface area contributed by atoms with Gasteiger partial charge in [0.2, 0.25) is 0 Å². The highest BCUT2D eigenvalue weighted by Gasteiger charge is 2.30. The summed E-state index contributed by atoms with van der Waals surface area (Å²) in [5.74, 6) is 0. The number of halogens is 3. The Morgan fingerprint density at radius 2 is 1.73 bits per heavy atom. The van der Waals surface area contributed by atoms with Crippen molar-refractivity contribution in [2.75, 3.05) is 0 Å². The van der Waals surface area contributed by atoms with Gasteiger partial charge >= 0.3 is 6.18 Å². The minimum absolute atomic E-state index is 0.426. The van der Waals surface area contributed by atoms with Crippen LogP contribution in [0.2, 0.25) is 0 Å². The molecule has 0 saturated heterocycles. The summed E-state index contributed by atoms with van der Waals surface area (Å²) in [6, 6.07) is 14.2. The standard InChI is InChI=1S/C17H12F3N2/c1-12-5-2-3-8-16(12)22-10-9-15(21-22)13-6-4-7-14(11-13)17(18,19)20/h2-11H,1H2. The van der Waals surface area contributed by atoms with Crippen molar-refractivity contribution in [3.05, 3.63) is 78.8 Å². The van der Waals surface area contributed by atoms with Gasteiger partial charge in [-0.15, -0.1) is 0 Å². The number of para-hydroxylation sites is 1. The Morgan fingerprint density at radius 1 is 0.955 bits per heavy atom. The van der Waals surface area contributed by atoms with Crippen LogP contribution in [0.5, 0.6) is 0 Å². The molecule has 0 saturated carbocycles. The molecule has 1 radical (unpaired) electrons. The van der Waals surface area contributed by atoms with Gasteiger partial charge in [-0.1, -0.05) is 30.3 Å². The number of aromatic nitrogens is 2. The Hall–Kier alpha value is -2.56. The molecule has 0 fully saturated rings. The van der Waals surface area contributed by atoms with Gasteiger partial charge in [0.15, 0.2) is 0 Å². The smallest absolute Gasteiger partial charge is 0.240 e. The van der Waals surface area contributed by atoms with Gasteiger partial charge in [0, 0.05) is 11.8 Å². The fourth-order valence-electron chi connectivity index (χ4n) is 2.20. The van der Waals surface area contributed by atoms with Crippen LogP contribution < -0.4 is 0 Å². The van der Waals surface area contributed by atoms with E-state index in [1.165, 1.54) is 6.07 Å². The highest BCUT2D eigenvalue weighted by atomic mass is 19.4. The van der Waals surface area contributed by atoms with Gasteiger partial charge in [-0.05, 0) is 36.8 Å². The molecule has 1 aromatic heterocycles. The molecule has 0 spiro atoms. The Kier molecular flexibility index (Phi) is 3.48. The number of nitrogens with zero attached hydrogens (tertiary/aromatic N) is 2. The monoisotopic (exact) mass is 301 g/mol. The molecule has 2 aromatic carbocycles. The zero-order valence-electron chi connectivity index (χ0n) is 11.5. The first-order valence-electron chi connectivity index (χ1n) is 6.60. The third-order valence-electron chi connectivity index (χ3n) is 3.31. The number of rotatable bonds is 2. The lowest BCUT2D eigenvalue weighted by Crippen LogP contribution is -2.04. The predicted octanol–water partition coefficient (Wildman–Crippen LogP) is 4.74. The largest absolute Gasteiger partial charge is 0.416 e. The lowest BCUT2D eigenvalue weighted by molar-refractivity contribution is -0.137. The summed E-state index contributed by atoms with van der Waals surface area (Å²) >= 11 is 0. The van der Waals surface area contributed by atoms with Crippen molar-refractivity contribution in [3.8, 4) is 16.9 Å². The van der Waals surface area contributed by atoms with E-state index in [0.717, 1.165) is 23.4 Å². The molecule has 111 valence electrons. The molecule has 0 bridgehead atoms. The number of alkyl halides is 3. The van der Waals surface area contributed by atoms with Crippen LogP contribution in [0.1, 0.15) is 11.1 Å². The topological polar surface area (TPSA) is 17.8 Å². The van der Waals surface area contributed by atoms with Gasteiger partial charge in [-0.25, -0.2) is 4.68 Å². The van der Waals surface area contributed by atoms with Crippen molar-refractivity contribution < 1.29 is 13.2 Å². The molecule has 1 heterocycles. The fraction of sp³-hybridized carbons (Fsp3) is 0.0588. The molecule has 3 aromatic rings. The number of benzene rings is 2. The van der Waals surface area contributed by atoms with Crippen molar-refractivity contribution in [2.45, 2.75) is 6.18 Å². The highest BCUT2D eigenvalue weighted by molar-refractivity contribution is 5.60. The van der Waals surface area contributed by atoms with E-state index in [-0.39, 0.29) is 0 Å². The van der Waals surface area contributed by atoms with Crippen molar-refractivity contribution in [1.29, 1.82) is 0 Å². The Bertz CT molecular complexity index is 803. The first kappa shape index (κ1) is 14.4. The Labute approximate surface area is 125 Å². The molecule has 5 heteroatoms. The van der Waals surface area contributed by atoms with E-state index < -0.39 is 11.7 Å². The van der Waals surface area contributed by atoms with Crippen molar-refractivity contribution >= 4 is 0 Å². The average molecular weight is 301 g/mol. The maximum atomic E-state index is 12.8. The van der Waals surface area contributed by atoms with Crippen LogP contribution in [0.3, 0.4) is 0 Å². The molecule has 3 rings (SSSR count). The van der Waals surface area contributed by atoms with E-state index in [9.17, 15) is 13.2 Å². The van der Waals surface area contributed by atoms with Crippen LogP contribution in [0.4, 0.5) is 13.2 Å². The summed E-state index contributed by atoms with van der Waals surface area (Å²) < 4.78 is 39.9. The van der Waals surface area contributed by atoms with E-state index in [1.54, 1.807) is 23.0 Å². The molecule has 0 aliphatic rings. The van der Waals surface area contributed by atoms with Gasteiger partial charge in [0.1, 0.15) is 0 Å². The first-order valence-corrected chi connectivity index (χ1v) is 6.60. The second-order valence-electron chi connectivity index (χ2n) is 4.85. The van der Waals surface area contributed by atoms with Gasteiger partial charge in [-0.2, -0.15) is 18.3 Å². The summed E-state index contributed by atoms with van der Waals surface area (Å²) in [7, 11) is 0. The van der Waals surface area contributed by atoms with Gasteiger partial charge in [0.05, 0.1) is 16.9 Å². The second-order valence-corrected chi connectivity index (χ2v) is 4.85. The fourth-order valence-corrected chi connectivity index (χ4v) is 2.20. The van der Waals surface area contributed by atoms with Gasteiger partial charge < -0.3 is 0 Å². The lowest BCUT2D eigenvalue weighted by Gasteiger charge is -2.07. The van der Waals surface area contributed by atoms with Crippen molar-refractivity contribution in [3.63, 3.8) is 0 Å². The van der Waals surface area contributed by atoms with Crippen LogP contribution in [-0.2, 0) is 6.18 Å². The first-order chi connectivity index (χ1) is 10.4. The zero-order valence-corrected chi connectivity index (χ0v) is 11.5. The predicted molar refractivity (Wildman–Crippen MR) is 78.5 cm³/mol. The lowest BCUT2D eigenvalue weighted by atomic mass is 10.1. The van der Waals surface area contributed by atoms with E-state index in [0.29, 0.717) is 11.3 Å². The molecule has 0 atom stereocenters. The average Bonchev–Trinajstić information content (AvgIpc) is 2.97. The third-order valence-corrected chi connectivity index (χ3v) is 3.31. The molecule has 0 aliphatic heterocycles. The van der Waals surface area contributed by atoms with Crippen LogP contribution >= 0.6 is 0 Å². The maximum Gasteiger partial charge on any atom is 0.416 e. The van der Waals surface area contributed by atoms with Crippen LogP contribution in [-0.4, -0.2) is 9.78 Å². The summed E-state index contributed by atoms with van der Waals surface area (Å²) in [6.07, 6.45) is -2.65. The van der Waals surface area contributed by atoms with E-state index >= 15 is 0 Å². The van der Waals surface area contributed by atoms with Gasteiger partial charge in [0.25, 0.3) is 0 Å². The van der Waals surface area contributed by atoms with E-state index in [4.69, 9.17) is 0 Å². The molecule has 0 amide bonds. The molecular weight excluding hydrogens is 289 g/mol. The number of hydrogen-bond acceptors (Lipinski definition) is 1. The summed E-state index contributed by atoms with van der Waals surface area (Å²) in [5.41, 5.74) is 1.81. The van der Waals surface area contributed by atoms with Crippen molar-refractivity contribution in [2.24, 2.45) is 0 Å². The summed E-state index contributed by atoms with van der Waals surface area (Å²) in [6.45, 7) is 3.92. The van der Waals surface area contributed by atoms with Crippen LogP contribution in [0.25, 0.3) is 16.9 Å². The SMILES string of the molecule is [CH2]c1ccccc1-n1ccc(-c2cccc(C(F)(F)F)c2)n1. The minimum atomic E-state index is -4.36. The Morgan fingerprint density at radius 3 is 2.45 bits per heavy atom. The second kappa shape index (κ2) is 5.33. The highest BCUT2D eigenvalue weighted by Crippen LogP contribution is 2.31. The summed E-state index contributed by atoms with van der Waals surface area (Å²) in [4.78, 5) is 0. The zero-order chi connectivity index (χ0) is 15.7. The Balaban J connectivity index is 2.00. The summed E-state index contributed by atoms with van der Waals surface area (Å²) in [5, 5.41) is 4.34. The third kappa shape index (κ3) is 2.74. The minimum Gasteiger partial charge on any atom is -0.240 e. The molecule has 0 aliphatic carbocycles. The van der Waals surface area contributed by atoms with Gasteiger partial charge in [-0.3, -0.25) is 0 Å². The van der Waals surface area contributed by atoms with Crippen LogP contribution in [0, 0.1) is 6.92 Å². The van der Waals surface area contributed by atoms with Crippen LogP contribution in [0.15, 0.2) is 60.8 Å². The molecule has 0 N–H and O–H groups in total. The van der Waals surface area contributed by atoms with E-state index in [2.05, 4.69) is 12.0 Å². The molecule has 22 heavy (non-hydrogen) atoms. The number of hydrogen-bond donors (Lipinski definition) is 0. The molecule has 0 unspecified atom stereocenters. The quantitative estimate of drug-likeness (QED) is 0.668. The molecule has 2 nitrogen and oxygen atoms in total. The normalized spacial score (nSPS) is 11.6. The van der Waals surface area contributed by atoms with E-state index in [1.807, 2.05) is 24.3 Å².